The standard InChI is InChI=1S/C30H37NO7/c1-5-7-8-10-19-15-17(3)27(34)24(38-4)12-9-11-18(6-2)28(35)26-22(32)14-13-20-25(26)23(33)16-21(29(20)36)31-30(19)37/h13-16,18-19,24,32H,5-12H2,1-4H3,(H,31,37)/b17-15+/t18-,19+,24+/m1/s1. The Balaban J connectivity index is 2.12. The second-order valence-electron chi connectivity index (χ2n) is 10.1. The lowest BCUT2D eigenvalue weighted by Crippen LogP contribution is -2.36. The molecule has 3 atom stereocenters. The number of aromatic hydroxyl groups is 1. The van der Waals surface area contributed by atoms with Crippen LogP contribution in [0.1, 0.15) is 103 Å². The second kappa shape index (κ2) is 12.9. The number of phenols is 1. The average Bonchev–Trinajstić information content (AvgIpc) is 2.89. The van der Waals surface area contributed by atoms with Crippen LogP contribution in [-0.2, 0) is 14.3 Å². The van der Waals surface area contributed by atoms with Gasteiger partial charge in [-0.25, -0.2) is 0 Å². The maximum absolute atomic E-state index is 13.5. The van der Waals surface area contributed by atoms with E-state index in [1.165, 1.54) is 19.2 Å². The van der Waals surface area contributed by atoms with Gasteiger partial charge in [-0.05, 0) is 56.7 Å². The number of methoxy groups -OCH3 is 1. The van der Waals surface area contributed by atoms with Crippen LogP contribution >= 0.6 is 0 Å². The predicted octanol–water partition coefficient (Wildman–Crippen LogP) is 4.89. The maximum Gasteiger partial charge on any atom is 0.231 e. The first kappa shape index (κ1) is 29.2. The molecule has 0 unspecified atom stereocenters. The van der Waals surface area contributed by atoms with E-state index in [2.05, 4.69) is 5.32 Å². The summed E-state index contributed by atoms with van der Waals surface area (Å²) in [6, 6.07) is 2.54. The zero-order valence-corrected chi connectivity index (χ0v) is 22.6. The minimum atomic E-state index is -0.726. The normalized spacial score (nSPS) is 24.5. The highest BCUT2D eigenvalue weighted by Crippen LogP contribution is 2.34. The molecule has 0 saturated carbocycles. The van der Waals surface area contributed by atoms with Crippen LogP contribution in [0, 0.1) is 11.8 Å². The summed E-state index contributed by atoms with van der Waals surface area (Å²) >= 11 is 0. The van der Waals surface area contributed by atoms with Gasteiger partial charge in [0.15, 0.2) is 17.3 Å². The molecule has 2 heterocycles. The Morgan fingerprint density at radius 2 is 1.74 bits per heavy atom. The third-order valence-corrected chi connectivity index (χ3v) is 7.45. The van der Waals surface area contributed by atoms with Crippen molar-refractivity contribution in [1.82, 2.24) is 5.32 Å². The number of carbonyl (C=O) groups is 5. The number of ketones is 4. The zero-order valence-electron chi connectivity index (χ0n) is 22.6. The molecular weight excluding hydrogens is 486 g/mol. The quantitative estimate of drug-likeness (QED) is 0.508. The fourth-order valence-electron chi connectivity index (χ4n) is 5.19. The fraction of sp³-hybridized carbons (Fsp3) is 0.500. The molecule has 4 rings (SSSR count). The van der Waals surface area contributed by atoms with Gasteiger partial charge in [-0.2, -0.15) is 0 Å². The number of benzene rings is 1. The van der Waals surface area contributed by atoms with Crippen LogP contribution in [0.4, 0.5) is 0 Å². The number of rotatable bonds is 6. The van der Waals surface area contributed by atoms with Crippen molar-refractivity contribution in [3.63, 3.8) is 0 Å². The molecule has 0 fully saturated rings. The van der Waals surface area contributed by atoms with E-state index in [1.807, 2.05) is 13.8 Å². The summed E-state index contributed by atoms with van der Waals surface area (Å²) in [5.41, 5.74) is -0.147. The first-order valence-electron chi connectivity index (χ1n) is 13.4. The molecule has 1 aromatic rings. The third kappa shape index (κ3) is 6.18. The largest absolute Gasteiger partial charge is 0.507 e. The zero-order chi connectivity index (χ0) is 28.0. The Kier molecular flexibility index (Phi) is 9.91. The van der Waals surface area contributed by atoms with Crippen LogP contribution in [0.3, 0.4) is 0 Å². The van der Waals surface area contributed by atoms with Crippen molar-refractivity contribution in [2.75, 3.05) is 7.11 Å². The highest BCUT2D eigenvalue weighted by molar-refractivity contribution is 6.28. The van der Waals surface area contributed by atoms with Crippen molar-refractivity contribution >= 4 is 29.0 Å². The molecule has 1 amide bonds. The molecule has 204 valence electrons. The average molecular weight is 524 g/mol. The van der Waals surface area contributed by atoms with Gasteiger partial charge in [0.25, 0.3) is 0 Å². The molecule has 8 nitrogen and oxygen atoms in total. The van der Waals surface area contributed by atoms with Crippen molar-refractivity contribution < 1.29 is 33.8 Å². The monoisotopic (exact) mass is 523 g/mol. The van der Waals surface area contributed by atoms with Crippen molar-refractivity contribution in [2.45, 2.75) is 78.2 Å². The van der Waals surface area contributed by atoms with Crippen LogP contribution in [-0.4, -0.2) is 47.4 Å². The van der Waals surface area contributed by atoms with Gasteiger partial charge in [0.05, 0.1) is 17.2 Å². The number of hydrogen-bond donors (Lipinski definition) is 2. The molecule has 1 aromatic carbocycles. The SMILES string of the molecule is CCCCC[C@H]1/C=C(\C)C(=O)[C@@H](OC)CCC[C@@H](CC)C(=O)c2c(O)ccc3c2C(=O)C=C(NC1=O)C3=O. The lowest BCUT2D eigenvalue weighted by atomic mass is 9.82. The number of hydrogen-bond acceptors (Lipinski definition) is 7. The summed E-state index contributed by atoms with van der Waals surface area (Å²) in [5.74, 6) is -3.98. The minimum absolute atomic E-state index is 0.0306. The summed E-state index contributed by atoms with van der Waals surface area (Å²) in [4.78, 5) is 66.6. The number of Topliss-reactive ketones (excluding diaryl/α,β-unsaturated/α-hetero) is 3. The number of allylic oxidation sites excluding steroid dienone is 2. The molecule has 0 saturated heterocycles. The Labute approximate surface area is 223 Å². The number of unbranched alkanes of at least 4 members (excludes halogenated alkanes) is 2. The Morgan fingerprint density at radius 3 is 2.39 bits per heavy atom. The smallest absolute Gasteiger partial charge is 0.231 e. The maximum atomic E-state index is 13.5. The summed E-state index contributed by atoms with van der Waals surface area (Å²) in [5, 5.41) is 13.2. The molecular formula is C30H37NO7. The number of ether oxygens (including phenoxy) is 1. The molecule has 0 radical (unpaired) electrons. The fourth-order valence-corrected chi connectivity index (χ4v) is 5.19. The van der Waals surface area contributed by atoms with E-state index in [0.29, 0.717) is 37.7 Å². The van der Waals surface area contributed by atoms with Crippen LogP contribution in [0.15, 0.2) is 35.6 Å². The van der Waals surface area contributed by atoms with Gasteiger partial charge in [0, 0.05) is 30.2 Å². The molecule has 0 aromatic heterocycles. The van der Waals surface area contributed by atoms with Gasteiger partial charge >= 0.3 is 0 Å². The van der Waals surface area contributed by atoms with Crippen molar-refractivity contribution in [2.24, 2.45) is 11.8 Å². The van der Waals surface area contributed by atoms with Gasteiger partial charge in [-0.3, -0.25) is 24.0 Å². The summed E-state index contributed by atoms with van der Waals surface area (Å²) in [7, 11) is 1.46. The lowest BCUT2D eigenvalue weighted by Gasteiger charge is -2.22. The van der Waals surface area contributed by atoms with Crippen molar-refractivity contribution in [1.29, 1.82) is 0 Å². The van der Waals surface area contributed by atoms with Gasteiger partial charge in [0.2, 0.25) is 11.7 Å². The lowest BCUT2D eigenvalue weighted by molar-refractivity contribution is -0.125. The van der Waals surface area contributed by atoms with E-state index in [1.54, 1.807) is 13.0 Å². The first-order valence-corrected chi connectivity index (χ1v) is 13.4. The number of carbonyl (C=O) groups excluding carboxylic acids is 5. The van der Waals surface area contributed by atoms with Crippen molar-refractivity contribution in [3.8, 4) is 5.75 Å². The molecule has 8 heteroatoms. The molecule has 1 aliphatic carbocycles. The van der Waals surface area contributed by atoms with Gasteiger partial charge < -0.3 is 15.2 Å². The van der Waals surface area contributed by atoms with Crippen molar-refractivity contribution in [3.05, 3.63) is 52.2 Å². The van der Waals surface area contributed by atoms with Gasteiger partial charge in [-0.15, -0.1) is 0 Å². The Bertz CT molecular complexity index is 1190. The van der Waals surface area contributed by atoms with Crippen LogP contribution < -0.4 is 5.32 Å². The van der Waals surface area contributed by atoms with Crippen LogP contribution in [0.5, 0.6) is 5.75 Å². The summed E-state index contributed by atoms with van der Waals surface area (Å²) in [6.07, 6.45) is 6.71. The van der Waals surface area contributed by atoms with Crippen LogP contribution in [0.25, 0.3) is 0 Å². The van der Waals surface area contributed by atoms with E-state index in [0.717, 1.165) is 25.3 Å². The highest BCUT2D eigenvalue weighted by atomic mass is 16.5. The second-order valence-corrected chi connectivity index (χ2v) is 10.1. The summed E-state index contributed by atoms with van der Waals surface area (Å²) in [6.45, 7) is 5.53. The van der Waals surface area contributed by atoms with E-state index in [-0.39, 0.29) is 33.9 Å². The van der Waals surface area contributed by atoms with E-state index in [9.17, 15) is 29.1 Å². The molecule has 3 aliphatic rings. The third-order valence-electron chi connectivity index (χ3n) is 7.45. The van der Waals surface area contributed by atoms with E-state index in [4.69, 9.17) is 4.74 Å². The predicted molar refractivity (Wildman–Crippen MR) is 142 cm³/mol. The number of phenolic OH excluding ortho intramolecular Hbond substituents is 1. The molecule has 2 aliphatic heterocycles. The van der Waals surface area contributed by atoms with E-state index < -0.39 is 41.2 Å². The molecule has 2 N–H and O–H groups in total. The Morgan fingerprint density at radius 1 is 1.00 bits per heavy atom. The van der Waals surface area contributed by atoms with Crippen LogP contribution in [0.2, 0.25) is 0 Å². The number of amides is 1. The first-order chi connectivity index (χ1) is 18.1. The number of fused-ring (bicyclic) bond motifs is 11. The Hall–Kier alpha value is -3.39. The van der Waals surface area contributed by atoms with Gasteiger partial charge in [-0.1, -0.05) is 39.2 Å². The van der Waals surface area contributed by atoms with Gasteiger partial charge in [0.1, 0.15) is 11.9 Å². The highest BCUT2D eigenvalue weighted by Gasteiger charge is 2.35. The number of nitrogens with one attached hydrogen (secondary N) is 1. The van der Waals surface area contributed by atoms with E-state index >= 15 is 0 Å². The molecule has 0 spiro atoms. The summed E-state index contributed by atoms with van der Waals surface area (Å²) < 4.78 is 5.47. The molecule has 4 bridgehead atoms. The molecule has 38 heavy (non-hydrogen) atoms. The minimum Gasteiger partial charge on any atom is -0.507 e. The topological polar surface area (TPSA) is 127 Å².